The van der Waals surface area contributed by atoms with Crippen LogP contribution in [0, 0.1) is 0 Å². The van der Waals surface area contributed by atoms with Crippen LogP contribution in [0.25, 0.3) is 0 Å². The Kier molecular flexibility index (Phi) is 4.49. The number of hydrogen-bond acceptors (Lipinski definition) is 4. The summed E-state index contributed by atoms with van der Waals surface area (Å²) in [5, 5.41) is 10.1. The highest BCUT2D eigenvalue weighted by Gasteiger charge is 2.35. The largest absolute Gasteiger partial charge is 0.388 e. The zero-order valence-electron chi connectivity index (χ0n) is 14.8. The number of imide groups is 1. The zero-order valence-corrected chi connectivity index (χ0v) is 14.8. The smallest absolute Gasteiger partial charge is 0.261 e. The number of anilines is 1. The quantitative estimate of drug-likeness (QED) is 0.846. The molecule has 3 amide bonds. The molecule has 2 aliphatic heterocycles. The van der Waals surface area contributed by atoms with Crippen molar-refractivity contribution in [1.29, 1.82) is 0 Å². The van der Waals surface area contributed by atoms with Crippen LogP contribution in [0.4, 0.5) is 5.69 Å². The Bertz CT molecular complexity index is 889. The van der Waals surface area contributed by atoms with Crippen LogP contribution >= 0.6 is 0 Å². The van der Waals surface area contributed by atoms with Crippen LogP contribution in [0.2, 0.25) is 0 Å². The molecule has 138 valence electrons. The van der Waals surface area contributed by atoms with E-state index in [1.54, 1.807) is 29.2 Å². The molecule has 27 heavy (non-hydrogen) atoms. The maximum absolute atomic E-state index is 12.7. The molecule has 0 aliphatic carbocycles. The number of fused-ring (bicyclic) bond motifs is 2. The van der Waals surface area contributed by atoms with Crippen molar-refractivity contribution < 1.29 is 19.5 Å². The van der Waals surface area contributed by atoms with Crippen LogP contribution in [-0.2, 0) is 4.79 Å². The van der Waals surface area contributed by atoms with Crippen molar-refractivity contribution in [3.8, 4) is 0 Å². The monoisotopic (exact) mass is 364 g/mol. The number of benzene rings is 2. The molecule has 2 aromatic carbocycles. The van der Waals surface area contributed by atoms with E-state index in [1.807, 2.05) is 24.3 Å². The Balaban J connectivity index is 1.39. The van der Waals surface area contributed by atoms with E-state index < -0.39 is 6.10 Å². The topological polar surface area (TPSA) is 77.9 Å². The van der Waals surface area contributed by atoms with Crippen LogP contribution in [0.1, 0.15) is 51.6 Å². The van der Waals surface area contributed by atoms with Crippen molar-refractivity contribution in [3.05, 3.63) is 65.2 Å². The Labute approximate surface area is 157 Å². The fourth-order valence-corrected chi connectivity index (χ4v) is 3.77. The lowest BCUT2D eigenvalue weighted by atomic mass is 9.98. The number of rotatable bonds is 4. The van der Waals surface area contributed by atoms with E-state index in [-0.39, 0.29) is 30.7 Å². The molecule has 0 fully saturated rings. The van der Waals surface area contributed by atoms with Gasteiger partial charge in [-0.3, -0.25) is 19.3 Å². The van der Waals surface area contributed by atoms with Gasteiger partial charge in [-0.1, -0.05) is 30.3 Å². The molecule has 6 heteroatoms. The van der Waals surface area contributed by atoms with Crippen LogP contribution in [0.15, 0.2) is 48.5 Å². The molecule has 1 N–H and O–H groups in total. The molecule has 1 atom stereocenters. The SMILES string of the molecule is O=C1c2ccccc2C(=O)N1CCCC(=O)N1CCC(O)c2ccccc21. The van der Waals surface area contributed by atoms with Crippen molar-refractivity contribution >= 4 is 23.4 Å². The summed E-state index contributed by atoms with van der Waals surface area (Å²) < 4.78 is 0. The van der Waals surface area contributed by atoms with E-state index in [9.17, 15) is 19.5 Å². The van der Waals surface area contributed by atoms with E-state index >= 15 is 0 Å². The molecule has 2 aliphatic rings. The van der Waals surface area contributed by atoms with Crippen LogP contribution in [0.5, 0.6) is 0 Å². The Hall–Kier alpha value is -2.99. The Morgan fingerprint density at radius 2 is 1.63 bits per heavy atom. The fraction of sp³-hybridized carbons (Fsp3) is 0.286. The molecular weight excluding hydrogens is 344 g/mol. The standard InChI is InChI=1S/C21H20N2O4/c24-18-11-13-22(17-9-4-3-8-16(17)18)19(25)10-5-12-23-20(26)14-6-1-2-7-15(14)21(23)27/h1-4,6-9,18,24H,5,10-13H2. The molecule has 2 heterocycles. The summed E-state index contributed by atoms with van der Waals surface area (Å²) >= 11 is 0. The predicted octanol–water partition coefficient (Wildman–Crippen LogP) is 2.53. The van der Waals surface area contributed by atoms with Gasteiger partial charge in [0, 0.05) is 30.8 Å². The minimum atomic E-state index is -0.552. The Morgan fingerprint density at radius 3 is 2.33 bits per heavy atom. The van der Waals surface area contributed by atoms with E-state index in [0.29, 0.717) is 30.5 Å². The van der Waals surface area contributed by atoms with Crippen LogP contribution in [-0.4, -0.2) is 40.8 Å². The lowest BCUT2D eigenvalue weighted by molar-refractivity contribution is -0.119. The van der Waals surface area contributed by atoms with Gasteiger partial charge in [0.15, 0.2) is 0 Å². The highest BCUT2D eigenvalue weighted by molar-refractivity contribution is 6.21. The summed E-state index contributed by atoms with van der Waals surface area (Å²) in [6.45, 7) is 0.681. The lowest BCUT2D eigenvalue weighted by Crippen LogP contribution is -2.37. The van der Waals surface area contributed by atoms with Gasteiger partial charge in [0.05, 0.1) is 17.2 Å². The molecule has 0 saturated heterocycles. The number of para-hydroxylation sites is 1. The molecule has 4 rings (SSSR count). The normalized spacial score (nSPS) is 18.5. The van der Waals surface area contributed by atoms with Crippen molar-refractivity contribution in [2.45, 2.75) is 25.4 Å². The van der Waals surface area contributed by atoms with Crippen molar-refractivity contribution in [1.82, 2.24) is 4.90 Å². The first-order valence-electron chi connectivity index (χ1n) is 9.10. The molecule has 0 aromatic heterocycles. The van der Waals surface area contributed by atoms with E-state index in [2.05, 4.69) is 0 Å². The molecule has 0 spiro atoms. The molecular formula is C21H20N2O4. The van der Waals surface area contributed by atoms with Crippen LogP contribution in [0.3, 0.4) is 0 Å². The molecule has 0 radical (unpaired) electrons. The average Bonchev–Trinajstić information content (AvgIpc) is 2.93. The maximum Gasteiger partial charge on any atom is 0.261 e. The number of hydrogen-bond donors (Lipinski definition) is 1. The van der Waals surface area contributed by atoms with Gasteiger partial charge in [0.1, 0.15) is 0 Å². The third kappa shape index (κ3) is 3.02. The maximum atomic E-state index is 12.7. The summed E-state index contributed by atoms with van der Waals surface area (Å²) in [5.74, 6) is -0.657. The number of amides is 3. The van der Waals surface area contributed by atoms with E-state index in [0.717, 1.165) is 11.3 Å². The van der Waals surface area contributed by atoms with E-state index in [4.69, 9.17) is 0 Å². The molecule has 0 saturated carbocycles. The molecule has 6 nitrogen and oxygen atoms in total. The molecule has 0 bridgehead atoms. The second-order valence-corrected chi connectivity index (χ2v) is 6.82. The van der Waals surface area contributed by atoms with Crippen molar-refractivity contribution in [2.24, 2.45) is 0 Å². The number of carbonyl (C=O) groups is 3. The minimum Gasteiger partial charge on any atom is -0.388 e. The third-order valence-electron chi connectivity index (χ3n) is 5.16. The highest BCUT2D eigenvalue weighted by Crippen LogP contribution is 2.34. The van der Waals surface area contributed by atoms with Gasteiger partial charge in [-0.05, 0) is 31.0 Å². The fourth-order valence-electron chi connectivity index (χ4n) is 3.77. The highest BCUT2D eigenvalue weighted by atomic mass is 16.3. The second-order valence-electron chi connectivity index (χ2n) is 6.82. The van der Waals surface area contributed by atoms with Crippen molar-refractivity contribution in [2.75, 3.05) is 18.0 Å². The van der Waals surface area contributed by atoms with Gasteiger partial charge in [-0.2, -0.15) is 0 Å². The third-order valence-corrected chi connectivity index (χ3v) is 5.16. The molecule has 1 unspecified atom stereocenters. The van der Waals surface area contributed by atoms with Crippen LogP contribution < -0.4 is 4.90 Å². The van der Waals surface area contributed by atoms with Gasteiger partial charge in [0.2, 0.25) is 5.91 Å². The minimum absolute atomic E-state index is 0.0639. The summed E-state index contributed by atoms with van der Waals surface area (Å²) in [4.78, 5) is 40.3. The first-order chi connectivity index (χ1) is 13.1. The number of aliphatic hydroxyl groups is 1. The predicted molar refractivity (Wildman–Crippen MR) is 99.4 cm³/mol. The zero-order chi connectivity index (χ0) is 19.0. The summed E-state index contributed by atoms with van der Waals surface area (Å²) in [5.41, 5.74) is 2.35. The number of carbonyl (C=O) groups excluding carboxylic acids is 3. The first-order valence-corrected chi connectivity index (χ1v) is 9.10. The van der Waals surface area contributed by atoms with Gasteiger partial charge in [-0.15, -0.1) is 0 Å². The van der Waals surface area contributed by atoms with Gasteiger partial charge >= 0.3 is 0 Å². The van der Waals surface area contributed by atoms with Gasteiger partial charge in [0.25, 0.3) is 11.8 Å². The van der Waals surface area contributed by atoms with Gasteiger partial charge in [-0.25, -0.2) is 0 Å². The summed E-state index contributed by atoms with van der Waals surface area (Å²) in [7, 11) is 0. The average molecular weight is 364 g/mol. The van der Waals surface area contributed by atoms with Gasteiger partial charge < -0.3 is 10.0 Å². The summed E-state index contributed by atoms with van der Waals surface area (Å²) in [6.07, 6.45) is 0.591. The molecule has 2 aromatic rings. The summed E-state index contributed by atoms with van der Waals surface area (Å²) in [6, 6.07) is 14.1. The number of nitrogens with zero attached hydrogens (tertiary/aromatic N) is 2. The first kappa shape index (κ1) is 17.4. The Morgan fingerprint density at radius 1 is 1.00 bits per heavy atom. The van der Waals surface area contributed by atoms with Crippen molar-refractivity contribution in [3.63, 3.8) is 0 Å². The lowest BCUT2D eigenvalue weighted by Gasteiger charge is -2.32. The number of aliphatic hydroxyl groups excluding tert-OH is 1. The second kappa shape index (κ2) is 6.96. The van der Waals surface area contributed by atoms with E-state index in [1.165, 1.54) is 4.90 Å².